The quantitative estimate of drug-likeness (QED) is 0.390. The topological polar surface area (TPSA) is 53.5 Å². The second-order valence-electron chi connectivity index (χ2n) is 6.23. The van der Waals surface area contributed by atoms with Gasteiger partial charge in [0.1, 0.15) is 23.9 Å². The van der Waals surface area contributed by atoms with Crippen molar-refractivity contribution in [3.05, 3.63) is 51.9 Å². The third-order valence-electron chi connectivity index (χ3n) is 3.67. The summed E-state index contributed by atoms with van der Waals surface area (Å²) in [6, 6.07) is 5.87. The summed E-state index contributed by atoms with van der Waals surface area (Å²) >= 11 is 11.9. The molecule has 1 aromatic carbocycles. The molecule has 0 aliphatic heterocycles. The average Bonchev–Trinajstić information content (AvgIpc) is 2.64. The summed E-state index contributed by atoms with van der Waals surface area (Å²) in [5, 5.41) is 1.05. The predicted molar refractivity (Wildman–Crippen MR) is 109 cm³/mol. The van der Waals surface area contributed by atoms with Crippen molar-refractivity contribution in [1.29, 1.82) is 0 Å². The van der Waals surface area contributed by atoms with E-state index < -0.39 is 11.9 Å². The fourth-order valence-electron chi connectivity index (χ4n) is 2.26. The molecule has 2 aromatic rings. The molecule has 0 saturated heterocycles. The normalized spacial score (nSPS) is 12.0. The third kappa shape index (κ3) is 8.28. The lowest BCUT2D eigenvalue weighted by molar-refractivity contribution is -0.141. The number of hydrogen-bond acceptors (Lipinski definition) is 5. The van der Waals surface area contributed by atoms with Crippen LogP contribution in [-0.4, -0.2) is 29.8 Å². The molecule has 0 N–H and O–H groups in total. The monoisotopic (exact) mass is 464 g/mol. The average molecular weight is 465 g/mol. The Bertz CT molecular complexity index is 873. The molecular weight excluding hydrogens is 444 g/mol. The minimum atomic E-state index is -4.54. The molecule has 164 valence electrons. The molecule has 0 aliphatic carbocycles. The Morgan fingerprint density at radius 3 is 2.40 bits per heavy atom. The van der Waals surface area contributed by atoms with Gasteiger partial charge in [0.05, 0.1) is 18.2 Å². The SMILES string of the molecule is C/C(Cl)=C/COc1ccc(OCCCCOc2cc(C(F)(F)F)nc(C)n2)c(Cl)c1. The highest BCUT2D eigenvalue weighted by Gasteiger charge is 2.33. The van der Waals surface area contributed by atoms with Gasteiger partial charge in [-0.05, 0) is 44.9 Å². The Hall–Kier alpha value is -2.19. The lowest BCUT2D eigenvalue weighted by Crippen LogP contribution is -2.11. The van der Waals surface area contributed by atoms with Crippen molar-refractivity contribution in [3.8, 4) is 17.4 Å². The van der Waals surface area contributed by atoms with E-state index in [1.165, 1.54) is 6.92 Å². The van der Waals surface area contributed by atoms with E-state index in [-0.39, 0.29) is 18.3 Å². The molecule has 0 unspecified atom stereocenters. The Labute approximate surface area is 182 Å². The summed E-state index contributed by atoms with van der Waals surface area (Å²) in [6.07, 6.45) is -1.63. The van der Waals surface area contributed by atoms with Crippen molar-refractivity contribution in [3.63, 3.8) is 0 Å². The molecule has 1 heterocycles. The van der Waals surface area contributed by atoms with E-state index in [1.54, 1.807) is 31.2 Å². The maximum Gasteiger partial charge on any atom is 0.433 e. The van der Waals surface area contributed by atoms with Crippen molar-refractivity contribution in [1.82, 2.24) is 9.97 Å². The fourth-order valence-corrected chi connectivity index (χ4v) is 2.55. The molecular formula is C20H21Cl2F3N2O3. The highest BCUT2D eigenvalue weighted by Crippen LogP contribution is 2.30. The summed E-state index contributed by atoms with van der Waals surface area (Å²) in [6.45, 7) is 4.04. The van der Waals surface area contributed by atoms with Crippen LogP contribution < -0.4 is 14.2 Å². The highest BCUT2D eigenvalue weighted by molar-refractivity contribution is 6.32. The number of allylic oxidation sites excluding steroid dienone is 1. The van der Waals surface area contributed by atoms with Crippen LogP contribution in [0.15, 0.2) is 35.4 Å². The first-order valence-electron chi connectivity index (χ1n) is 9.08. The maximum absolute atomic E-state index is 12.8. The highest BCUT2D eigenvalue weighted by atomic mass is 35.5. The second-order valence-corrected chi connectivity index (χ2v) is 7.24. The summed E-state index contributed by atoms with van der Waals surface area (Å²) in [5.41, 5.74) is -1.02. The van der Waals surface area contributed by atoms with Crippen molar-refractivity contribution in [2.45, 2.75) is 32.9 Å². The van der Waals surface area contributed by atoms with Gasteiger partial charge < -0.3 is 14.2 Å². The standard InChI is InChI=1S/C20H21Cl2F3N2O3/c1-13(21)7-10-28-15-5-6-17(16(22)11-15)29-8-3-4-9-30-19-12-18(20(23,24)25)26-14(2)27-19/h5-7,11-12H,3-4,8-10H2,1-2H3/b13-7-. The largest absolute Gasteiger partial charge is 0.492 e. The first-order chi connectivity index (χ1) is 14.1. The molecule has 10 heteroatoms. The first kappa shape index (κ1) is 24.1. The number of aromatic nitrogens is 2. The van der Waals surface area contributed by atoms with Gasteiger partial charge in [-0.3, -0.25) is 0 Å². The molecule has 5 nitrogen and oxygen atoms in total. The number of rotatable bonds is 10. The number of ether oxygens (including phenoxy) is 3. The van der Waals surface area contributed by atoms with Crippen LogP contribution in [0, 0.1) is 6.92 Å². The minimum absolute atomic E-state index is 0.000888. The summed E-state index contributed by atoms with van der Waals surface area (Å²) in [5.74, 6) is 0.996. The Kier molecular flexibility index (Phi) is 9.05. The van der Waals surface area contributed by atoms with Gasteiger partial charge in [0, 0.05) is 17.2 Å². The Morgan fingerprint density at radius 1 is 1.07 bits per heavy atom. The van der Waals surface area contributed by atoms with Crippen LogP contribution in [0.4, 0.5) is 13.2 Å². The molecule has 0 amide bonds. The maximum atomic E-state index is 12.8. The lowest BCUT2D eigenvalue weighted by Gasteiger charge is -2.11. The van der Waals surface area contributed by atoms with Crippen LogP contribution in [0.5, 0.6) is 17.4 Å². The smallest absolute Gasteiger partial charge is 0.433 e. The van der Waals surface area contributed by atoms with Crippen LogP contribution >= 0.6 is 23.2 Å². The van der Waals surface area contributed by atoms with E-state index in [1.807, 2.05) is 0 Å². The molecule has 0 atom stereocenters. The molecule has 0 bridgehead atoms. The zero-order valence-corrected chi connectivity index (χ0v) is 17.9. The number of aryl methyl sites for hydroxylation is 1. The number of halogens is 5. The molecule has 2 rings (SSSR count). The fraction of sp³-hybridized carbons (Fsp3) is 0.400. The van der Waals surface area contributed by atoms with Crippen molar-refractivity contribution < 1.29 is 27.4 Å². The minimum Gasteiger partial charge on any atom is -0.492 e. The molecule has 30 heavy (non-hydrogen) atoms. The number of unbranched alkanes of at least 4 members (excludes halogenated alkanes) is 1. The van der Waals surface area contributed by atoms with E-state index in [9.17, 15) is 13.2 Å². The Balaban J connectivity index is 1.73. The predicted octanol–water partition coefficient (Wildman–Crippen LogP) is 6.22. The number of alkyl halides is 3. The van der Waals surface area contributed by atoms with Gasteiger partial charge in [0.25, 0.3) is 0 Å². The van der Waals surface area contributed by atoms with Crippen LogP contribution in [0.25, 0.3) is 0 Å². The van der Waals surface area contributed by atoms with Gasteiger partial charge in [-0.2, -0.15) is 18.2 Å². The molecule has 0 aliphatic rings. The van der Waals surface area contributed by atoms with Crippen LogP contribution in [-0.2, 0) is 6.18 Å². The van der Waals surface area contributed by atoms with Gasteiger partial charge in [-0.25, -0.2) is 4.98 Å². The zero-order valence-electron chi connectivity index (χ0n) is 16.4. The first-order valence-corrected chi connectivity index (χ1v) is 9.84. The van der Waals surface area contributed by atoms with Gasteiger partial charge >= 0.3 is 6.18 Å². The van der Waals surface area contributed by atoms with Crippen molar-refractivity contribution in [2.75, 3.05) is 19.8 Å². The number of benzene rings is 1. The number of hydrogen-bond donors (Lipinski definition) is 0. The zero-order chi connectivity index (χ0) is 22.1. The molecule has 0 spiro atoms. The van der Waals surface area contributed by atoms with Gasteiger partial charge in [-0.1, -0.05) is 23.2 Å². The van der Waals surface area contributed by atoms with Crippen molar-refractivity contribution in [2.24, 2.45) is 0 Å². The van der Waals surface area contributed by atoms with Crippen LogP contribution in [0.1, 0.15) is 31.3 Å². The Morgan fingerprint density at radius 2 is 1.77 bits per heavy atom. The van der Waals surface area contributed by atoms with E-state index in [2.05, 4.69) is 9.97 Å². The van der Waals surface area contributed by atoms with Crippen molar-refractivity contribution >= 4 is 23.2 Å². The van der Waals surface area contributed by atoms with E-state index in [0.717, 1.165) is 6.07 Å². The van der Waals surface area contributed by atoms with Crippen LogP contribution in [0.3, 0.4) is 0 Å². The van der Waals surface area contributed by atoms with Gasteiger partial charge in [0.15, 0.2) is 5.69 Å². The molecule has 0 saturated carbocycles. The summed E-state index contributed by atoms with van der Waals surface area (Å²) in [4.78, 5) is 7.23. The van der Waals surface area contributed by atoms with Gasteiger partial charge in [0.2, 0.25) is 5.88 Å². The second kappa shape index (κ2) is 11.3. The van der Waals surface area contributed by atoms with Crippen LogP contribution in [0.2, 0.25) is 5.02 Å². The summed E-state index contributed by atoms with van der Waals surface area (Å²) < 4.78 is 54.7. The van der Waals surface area contributed by atoms with E-state index >= 15 is 0 Å². The van der Waals surface area contributed by atoms with E-state index in [4.69, 9.17) is 37.4 Å². The third-order valence-corrected chi connectivity index (χ3v) is 4.12. The van der Waals surface area contributed by atoms with Gasteiger partial charge in [-0.15, -0.1) is 0 Å². The molecule has 1 aromatic heterocycles. The molecule has 0 fully saturated rings. The molecule has 0 radical (unpaired) electrons. The number of nitrogens with zero attached hydrogens (tertiary/aromatic N) is 2. The van der Waals surface area contributed by atoms with E-state index in [0.29, 0.717) is 47.6 Å². The summed E-state index contributed by atoms with van der Waals surface area (Å²) in [7, 11) is 0. The lowest BCUT2D eigenvalue weighted by atomic mass is 10.3.